The molecule has 3 aromatic rings. The predicted molar refractivity (Wildman–Crippen MR) is 116 cm³/mol. The van der Waals surface area contributed by atoms with Crippen molar-refractivity contribution in [3.8, 4) is 5.75 Å². The van der Waals surface area contributed by atoms with E-state index in [1.807, 2.05) is 6.07 Å². The van der Waals surface area contributed by atoms with Crippen LogP contribution in [-0.4, -0.2) is 32.6 Å². The summed E-state index contributed by atoms with van der Waals surface area (Å²) in [5.74, 6) is 0.300. The number of nitrogens with one attached hydrogen (secondary N) is 1. The first-order chi connectivity index (χ1) is 15.0. The zero-order valence-electron chi connectivity index (χ0n) is 18.3. The number of aliphatic hydroxyl groups excluding tert-OH is 1. The lowest BCUT2D eigenvalue weighted by molar-refractivity contribution is -0.274. The van der Waals surface area contributed by atoms with Gasteiger partial charge < -0.3 is 19.7 Å². The van der Waals surface area contributed by atoms with Crippen LogP contribution in [0.1, 0.15) is 46.1 Å². The molecule has 32 heavy (non-hydrogen) atoms. The van der Waals surface area contributed by atoms with Crippen molar-refractivity contribution >= 4 is 22.7 Å². The molecule has 0 spiro atoms. The molecule has 1 saturated carbocycles. The van der Waals surface area contributed by atoms with Crippen molar-refractivity contribution < 1.29 is 23.0 Å². The highest BCUT2D eigenvalue weighted by Crippen LogP contribution is 2.51. The lowest BCUT2D eigenvalue weighted by Gasteiger charge is -2.46. The van der Waals surface area contributed by atoms with E-state index in [1.165, 1.54) is 24.3 Å². The lowest BCUT2D eigenvalue weighted by atomic mass is 9.63. The maximum Gasteiger partial charge on any atom is 0.573 e. The molecule has 0 aliphatic heterocycles. The molecule has 1 aromatic carbocycles. The monoisotopic (exact) mass is 448 g/mol. The Balaban J connectivity index is 1.70. The molecular formula is C23H27F3N4O2. The Kier molecular flexibility index (Phi) is 5.56. The minimum Gasteiger partial charge on any atom is -0.406 e. The van der Waals surface area contributed by atoms with Crippen LogP contribution in [-0.2, 0) is 0 Å². The smallest absolute Gasteiger partial charge is 0.406 e. The average Bonchev–Trinajstić information content (AvgIpc) is 3.05. The van der Waals surface area contributed by atoms with E-state index in [4.69, 9.17) is 4.98 Å². The van der Waals surface area contributed by atoms with Crippen LogP contribution >= 0.6 is 0 Å². The maximum atomic E-state index is 12.4. The van der Waals surface area contributed by atoms with Crippen LogP contribution < -0.4 is 10.1 Å². The number of pyridine rings is 1. The molecule has 2 unspecified atom stereocenters. The third-order valence-electron chi connectivity index (χ3n) is 6.00. The van der Waals surface area contributed by atoms with Gasteiger partial charge in [0.1, 0.15) is 11.3 Å². The fourth-order valence-corrected chi connectivity index (χ4v) is 5.16. The van der Waals surface area contributed by atoms with E-state index in [-0.39, 0.29) is 29.2 Å². The van der Waals surface area contributed by atoms with Gasteiger partial charge in [0.05, 0.1) is 11.7 Å². The van der Waals surface area contributed by atoms with Crippen LogP contribution in [0.5, 0.6) is 5.75 Å². The van der Waals surface area contributed by atoms with Crippen molar-refractivity contribution in [1.82, 2.24) is 14.5 Å². The van der Waals surface area contributed by atoms with Gasteiger partial charge in [-0.05, 0) is 60.4 Å². The quantitative estimate of drug-likeness (QED) is 0.514. The van der Waals surface area contributed by atoms with E-state index in [0.29, 0.717) is 11.6 Å². The lowest BCUT2D eigenvalue weighted by Crippen LogP contribution is -2.39. The van der Waals surface area contributed by atoms with Gasteiger partial charge in [-0.1, -0.05) is 20.8 Å². The Morgan fingerprint density at radius 2 is 1.88 bits per heavy atom. The second-order valence-corrected chi connectivity index (χ2v) is 9.74. The predicted octanol–water partition coefficient (Wildman–Crippen LogP) is 5.82. The molecule has 0 amide bonds. The Morgan fingerprint density at radius 1 is 1.16 bits per heavy atom. The number of hydrogen-bond donors (Lipinski definition) is 2. The van der Waals surface area contributed by atoms with Gasteiger partial charge >= 0.3 is 6.36 Å². The summed E-state index contributed by atoms with van der Waals surface area (Å²) in [4.78, 5) is 8.87. The highest BCUT2D eigenvalue weighted by molar-refractivity contribution is 5.79. The highest BCUT2D eigenvalue weighted by atomic mass is 19.4. The van der Waals surface area contributed by atoms with Crippen molar-refractivity contribution in [2.24, 2.45) is 10.8 Å². The Bertz CT molecular complexity index is 1090. The fraction of sp³-hybridized carbons (Fsp3) is 0.478. The zero-order valence-corrected chi connectivity index (χ0v) is 18.3. The number of imidazole rings is 1. The molecule has 0 radical (unpaired) electrons. The third kappa shape index (κ3) is 4.82. The summed E-state index contributed by atoms with van der Waals surface area (Å²) in [6.07, 6.45) is 1.29. The van der Waals surface area contributed by atoms with Crippen LogP contribution in [0.2, 0.25) is 0 Å². The summed E-state index contributed by atoms with van der Waals surface area (Å²) >= 11 is 0. The van der Waals surface area contributed by atoms with E-state index in [0.717, 1.165) is 30.3 Å². The topological polar surface area (TPSA) is 72.2 Å². The third-order valence-corrected chi connectivity index (χ3v) is 6.00. The van der Waals surface area contributed by atoms with Crippen LogP contribution in [0, 0.1) is 10.8 Å². The molecule has 4 rings (SSSR count). The van der Waals surface area contributed by atoms with Crippen LogP contribution in [0.15, 0.2) is 42.7 Å². The SMILES string of the molecule is CC1(C)CC(n2c(Nc3ccc(OC(F)(F)F)cc3)nc3cnccc32)CC(C)(CO)C1. The molecule has 2 heterocycles. The summed E-state index contributed by atoms with van der Waals surface area (Å²) in [6.45, 7) is 6.62. The highest BCUT2D eigenvalue weighted by Gasteiger charge is 2.42. The fourth-order valence-electron chi connectivity index (χ4n) is 5.16. The molecule has 0 bridgehead atoms. The van der Waals surface area contributed by atoms with Crippen LogP contribution in [0.4, 0.5) is 24.8 Å². The standard InChI is InChI=1S/C23H27F3N4O2/c1-21(2)10-16(11-22(3,13-21)14-31)30-19-8-9-27-12-18(19)29-20(30)28-15-4-6-17(7-5-15)32-23(24,25)26/h4-9,12,16,31H,10-11,13-14H2,1-3H3,(H,28,29). The van der Waals surface area contributed by atoms with E-state index in [2.05, 4.69) is 40.4 Å². The van der Waals surface area contributed by atoms with Crippen molar-refractivity contribution in [2.75, 3.05) is 11.9 Å². The summed E-state index contributed by atoms with van der Waals surface area (Å²) in [6, 6.07) is 7.55. The number of aromatic nitrogens is 3. The number of ether oxygens (including phenoxy) is 1. The molecular weight excluding hydrogens is 421 g/mol. The Labute approximate surface area is 184 Å². The van der Waals surface area contributed by atoms with E-state index < -0.39 is 6.36 Å². The van der Waals surface area contributed by atoms with Gasteiger partial charge in [0.25, 0.3) is 0 Å². The number of nitrogens with zero attached hydrogens (tertiary/aromatic N) is 3. The zero-order chi connectivity index (χ0) is 23.1. The van der Waals surface area contributed by atoms with Gasteiger partial charge in [-0.25, -0.2) is 4.98 Å². The molecule has 2 N–H and O–H groups in total. The first-order valence-electron chi connectivity index (χ1n) is 10.5. The average molecular weight is 448 g/mol. The number of rotatable bonds is 5. The number of benzene rings is 1. The molecule has 2 aromatic heterocycles. The molecule has 1 aliphatic carbocycles. The second-order valence-electron chi connectivity index (χ2n) is 9.74. The van der Waals surface area contributed by atoms with Gasteiger partial charge in [0.2, 0.25) is 5.95 Å². The summed E-state index contributed by atoms with van der Waals surface area (Å²) in [7, 11) is 0. The summed E-state index contributed by atoms with van der Waals surface area (Å²) < 4.78 is 43.4. The normalized spacial score (nSPS) is 23.3. The van der Waals surface area contributed by atoms with Gasteiger partial charge in [-0.2, -0.15) is 0 Å². The minimum atomic E-state index is -4.73. The first kappa shape index (κ1) is 22.4. The molecule has 2 atom stereocenters. The summed E-state index contributed by atoms with van der Waals surface area (Å²) in [5, 5.41) is 13.3. The molecule has 9 heteroatoms. The molecule has 1 aliphatic rings. The minimum absolute atomic E-state index is 0.0257. The van der Waals surface area contributed by atoms with Crippen LogP contribution in [0.3, 0.4) is 0 Å². The number of halogens is 3. The van der Waals surface area contributed by atoms with E-state index in [1.54, 1.807) is 12.4 Å². The number of fused-ring (bicyclic) bond motifs is 1. The van der Waals surface area contributed by atoms with Gasteiger partial charge in [-0.15, -0.1) is 13.2 Å². The van der Waals surface area contributed by atoms with E-state index in [9.17, 15) is 18.3 Å². The number of aliphatic hydroxyl groups is 1. The van der Waals surface area contributed by atoms with Crippen molar-refractivity contribution in [3.63, 3.8) is 0 Å². The van der Waals surface area contributed by atoms with Gasteiger partial charge in [0, 0.05) is 24.5 Å². The largest absolute Gasteiger partial charge is 0.573 e. The molecule has 1 fully saturated rings. The van der Waals surface area contributed by atoms with E-state index >= 15 is 0 Å². The van der Waals surface area contributed by atoms with Crippen molar-refractivity contribution in [3.05, 3.63) is 42.7 Å². The Hall–Kier alpha value is -2.81. The van der Waals surface area contributed by atoms with Crippen molar-refractivity contribution in [1.29, 1.82) is 0 Å². The molecule has 6 nitrogen and oxygen atoms in total. The van der Waals surface area contributed by atoms with Crippen molar-refractivity contribution in [2.45, 2.75) is 52.4 Å². The Morgan fingerprint density at radius 3 is 2.53 bits per heavy atom. The molecule has 0 saturated heterocycles. The number of anilines is 2. The number of hydrogen-bond acceptors (Lipinski definition) is 5. The summed E-state index contributed by atoms with van der Waals surface area (Å²) in [5.41, 5.74) is 2.04. The van der Waals surface area contributed by atoms with Gasteiger partial charge in [0.15, 0.2) is 0 Å². The van der Waals surface area contributed by atoms with Gasteiger partial charge in [-0.3, -0.25) is 4.98 Å². The molecule has 172 valence electrons. The van der Waals surface area contributed by atoms with Crippen LogP contribution in [0.25, 0.3) is 11.0 Å². The maximum absolute atomic E-state index is 12.4. The second kappa shape index (κ2) is 7.95. The first-order valence-corrected chi connectivity index (χ1v) is 10.5. The number of alkyl halides is 3.